The van der Waals surface area contributed by atoms with Gasteiger partial charge in [0.25, 0.3) is 0 Å². The molecule has 3 saturated heterocycles. The number of rotatable bonds is 8. The Hall–Kier alpha value is -1.35. The minimum Gasteiger partial charge on any atom is -0.481 e. The minimum absolute atomic E-state index is 0.00631. The number of carbonyl (C=O) groups is 1. The summed E-state index contributed by atoms with van der Waals surface area (Å²) in [4.78, 5) is 13.1. The summed E-state index contributed by atoms with van der Waals surface area (Å²) >= 11 is 0. The summed E-state index contributed by atoms with van der Waals surface area (Å²) < 4.78 is 36.0. The molecule has 4 saturated carbocycles. The Labute approximate surface area is 364 Å². The van der Waals surface area contributed by atoms with Crippen LogP contribution in [0.4, 0.5) is 0 Å². The van der Waals surface area contributed by atoms with E-state index in [1.807, 2.05) is 0 Å². The lowest BCUT2D eigenvalue weighted by atomic mass is 9.33. The highest BCUT2D eigenvalue weighted by molar-refractivity contribution is 5.76. The molecule has 3 aliphatic heterocycles. The molecule has 354 valence electrons. The molecule has 0 aromatic rings. The van der Waals surface area contributed by atoms with Crippen molar-refractivity contribution in [1.82, 2.24) is 0 Å². The van der Waals surface area contributed by atoms with Gasteiger partial charge >= 0.3 is 5.97 Å². The van der Waals surface area contributed by atoms with Crippen molar-refractivity contribution < 1.29 is 79.2 Å². The molecule has 22 atom stereocenters. The van der Waals surface area contributed by atoms with Gasteiger partial charge in [-0.3, -0.25) is 4.79 Å². The third-order valence-corrected chi connectivity index (χ3v) is 18.7. The number of aliphatic hydroxyl groups is 8. The van der Waals surface area contributed by atoms with E-state index in [0.29, 0.717) is 19.3 Å². The molecular formula is C46H74O16. The number of aliphatic hydroxyl groups excluding tert-OH is 8. The van der Waals surface area contributed by atoms with Crippen LogP contribution in [-0.2, 0) is 33.2 Å². The average Bonchev–Trinajstić information content (AvgIpc) is 3.21. The van der Waals surface area contributed by atoms with Crippen molar-refractivity contribution in [2.24, 2.45) is 50.2 Å². The van der Waals surface area contributed by atoms with Crippen molar-refractivity contribution in [2.75, 3.05) is 19.8 Å². The zero-order valence-corrected chi connectivity index (χ0v) is 37.5. The van der Waals surface area contributed by atoms with Gasteiger partial charge in [-0.05, 0) is 111 Å². The van der Waals surface area contributed by atoms with Crippen molar-refractivity contribution in [1.29, 1.82) is 0 Å². The van der Waals surface area contributed by atoms with Gasteiger partial charge in [0.15, 0.2) is 18.9 Å². The third kappa shape index (κ3) is 7.19. The smallest absolute Gasteiger partial charge is 0.310 e. The third-order valence-electron chi connectivity index (χ3n) is 18.7. The van der Waals surface area contributed by atoms with Crippen molar-refractivity contribution in [3.8, 4) is 0 Å². The van der Waals surface area contributed by atoms with Gasteiger partial charge in [0.1, 0.15) is 54.9 Å². The number of allylic oxidation sites excluding steroid dienone is 2. The fourth-order valence-electron chi connectivity index (χ4n) is 14.5. The second kappa shape index (κ2) is 16.5. The highest BCUT2D eigenvalue weighted by Crippen LogP contribution is 2.76. The molecule has 5 aliphatic carbocycles. The molecule has 0 spiro atoms. The van der Waals surface area contributed by atoms with Gasteiger partial charge in [0.05, 0.1) is 37.4 Å². The molecule has 0 bridgehead atoms. The molecule has 0 aromatic heterocycles. The van der Waals surface area contributed by atoms with E-state index < -0.39 is 103 Å². The SMILES string of the molecule is C[C@@H]1O[C@@H](O[C@H]2[C@H](O[C@H]3CC[C@@]4(C)C(CC[C@]5(C)C4CC=C4[C@@H]6CC(C)(C)CC[C@]6(C(=O)O)CCC45C)[C@]3(C)CO)OC[C@H](O)[C@@H]2O)[C@H](O)[C@H](O[C@@H]2OC[C@H](O)[C@H](O)[C@H]2O)[C@H]1O. The zero-order valence-electron chi connectivity index (χ0n) is 37.5. The Kier molecular flexibility index (Phi) is 12.5. The Balaban J connectivity index is 1.02. The van der Waals surface area contributed by atoms with Crippen LogP contribution < -0.4 is 0 Å². The molecule has 7 fully saturated rings. The molecule has 0 aromatic carbocycles. The molecule has 3 unspecified atom stereocenters. The van der Waals surface area contributed by atoms with Gasteiger partial charge in [0, 0.05) is 5.41 Å². The Morgan fingerprint density at radius 2 is 1.35 bits per heavy atom. The number of hydrogen-bond acceptors (Lipinski definition) is 15. The van der Waals surface area contributed by atoms with E-state index in [1.165, 1.54) is 12.5 Å². The minimum atomic E-state index is -1.73. The van der Waals surface area contributed by atoms with Crippen LogP contribution >= 0.6 is 0 Å². The molecule has 8 rings (SSSR count). The first-order valence-corrected chi connectivity index (χ1v) is 23.1. The van der Waals surface area contributed by atoms with E-state index in [4.69, 9.17) is 28.4 Å². The van der Waals surface area contributed by atoms with Crippen molar-refractivity contribution in [3.05, 3.63) is 11.6 Å². The number of carboxylic acids is 1. The fourth-order valence-corrected chi connectivity index (χ4v) is 14.5. The van der Waals surface area contributed by atoms with E-state index >= 15 is 0 Å². The van der Waals surface area contributed by atoms with Gasteiger partial charge in [-0.1, -0.05) is 53.2 Å². The number of aliphatic carboxylic acids is 1. The van der Waals surface area contributed by atoms with Crippen LogP contribution in [0.25, 0.3) is 0 Å². The monoisotopic (exact) mass is 882 g/mol. The summed E-state index contributed by atoms with van der Waals surface area (Å²) in [5.74, 6) is -0.342. The van der Waals surface area contributed by atoms with Gasteiger partial charge < -0.3 is 74.4 Å². The quantitative estimate of drug-likeness (QED) is 0.125. The maximum atomic E-state index is 13.1. The lowest BCUT2D eigenvalue weighted by Crippen LogP contribution is -2.67. The molecule has 0 radical (unpaired) electrons. The Bertz CT molecular complexity index is 1690. The van der Waals surface area contributed by atoms with Crippen LogP contribution in [0.1, 0.15) is 113 Å². The molecule has 16 nitrogen and oxygen atoms in total. The second-order valence-corrected chi connectivity index (χ2v) is 22.4. The molecular weight excluding hydrogens is 808 g/mol. The standard InChI is InChI=1S/C46H74O16/c1-22-30(50)35(61-37-33(53)31(51)25(48)19-57-37)34(54)38(59-22)62-36-32(52)26(49)20-58-39(36)60-29-11-12-42(4)27(43(29,5)21-47)10-13-45(7)28(42)9-8-23-24-18-41(2,3)14-16-46(24,40(55)56)17-15-44(23,45)6/h8,22,24-39,47-54H,9-21H2,1-7H3,(H,55,56)/t22-,24-,25-,26-,27?,28?,29-,30-,31-,32-,33+,34+,35+,36+,37-,38-,39-,42-,43-,44?,45+,46-/m0/s1. The predicted molar refractivity (Wildman–Crippen MR) is 219 cm³/mol. The number of fused-ring (bicyclic) bond motifs is 7. The summed E-state index contributed by atoms with van der Waals surface area (Å²) in [6.45, 7) is 14.5. The zero-order chi connectivity index (χ0) is 45.1. The van der Waals surface area contributed by atoms with E-state index in [0.717, 1.165) is 44.9 Å². The average molecular weight is 883 g/mol. The lowest BCUT2D eigenvalue weighted by Gasteiger charge is -2.71. The number of ether oxygens (including phenoxy) is 6. The van der Waals surface area contributed by atoms with Crippen LogP contribution in [0.15, 0.2) is 11.6 Å². The number of carboxylic acid groups (broad SMARTS) is 1. The van der Waals surface area contributed by atoms with Crippen LogP contribution in [0.3, 0.4) is 0 Å². The van der Waals surface area contributed by atoms with E-state index in [2.05, 4.69) is 47.6 Å². The lowest BCUT2D eigenvalue weighted by molar-refractivity contribution is -0.379. The van der Waals surface area contributed by atoms with Crippen molar-refractivity contribution in [3.63, 3.8) is 0 Å². The molecule has 16 heteroatoms. The van der Waals surface area contributed by atoms with E-state index in [-0.39, 0.29) is 59.2 Å². The Morgan fingerprint density at radius 3 is 2.03 bits per heavy atom. The first-order chi connectivity index (χ1) is 29.0. The van der Waals surface area contributed by atoms with E-state index in [9.17, 15) is 50.8 Å². The van der Waals surface area contributed by atoms with Gasteiger partial charge in [0.2, 0.25) is 0 Å². The normalized spacial score (nSPS) is 55.1. The van der Waals surface area contributed by atoms with Crippen LogP contribution in [0.2, 0.25) is 0 Å². The topological polar surface area (TPSA) is 255 Å². The summed E-state index contributed by atoms with van der Waals surface area (Å²) in [7, 11) is 0. The van der Waals surface area contributed by atoms with Crippen molar-refractivity contribution >= 4 is 5.97 Å². The predicted octanol–water partition coefficient (Wildman–Crippen LogP) is 1.98. The summed E-state index contributed by atoms with van der Waals surface area (Å²) in [6.07, 6.45) is -9.19. The Morgan fingerprint density at radius 1 is 0.710 bits per heavy atom. The highest BCUT2D eigenvalue weighted by atomic mass is 16.8. The molecule has 0 amide bonds. The van der Waals surface area contributed by atoms with Gasteiger partial charge in [-0.15, -0.1) is 0 Å². The molecule has 8 aliphatic rings. The number of hydrogen-bond donors (Lipinski definition) is 9. The fraction of sp³-hybridized carbons (Fsp3) is 0.935. The largest absolute Gasteiger partial charge is 0.481 e. The maximum Gasteiger partial charge on any atom is 0.310 e. The van der Waals surface area contributed by atoms with E-state index in [1.54, 1.807) is 0 Å². The molecule has 3 heterocycles. The molecule has 9 N–H and O–H groups in total. The highest BCUT2D eigenvalue weighted by Gasteiger charge is 2.70. The van der Waals surface area contributed by atoms with Crippen LogP contribution in [0, 0.1) is 50.2 Å². The van der Waals surface area contributed by atoms with Gasteiger partial charge in [-0.2, -0.15) is 0 Å². The van der Waals surface area contributed by atoms with Gasteiger partial charge in [-0.25, -0.2) is 0 Å². The molecule has 62 heavy (non-hydrogen) atoms. The van der Waals surface area contributed by atoms with Crippen LogP contribution in [0.5, 0.6) is 0 Å². The second-order valence-electron chi connectivity index (χ2n) is 22.4. The van der Waals surface area contributed by atoms with Crippen LogP contribution in [-0.4, -0.2) is 158 Å². The summed E-state index contributed by atoms with van der Waals surface area (Å²) in [6, 6.07) is 0. The van der Waals surface area contributed by atoms with Crippen molar-refractivity contribution in [2.45, 2.75) is 199 Å². The summed E-state index contributed by atoms with van der Waals surface area (Å²) in [5, 5.41) is 97.4. The summed E-state index contributed by atoms with van der Waals surface area (Å²) in [5.41, 5.74) is -0.519. The first kappa shape index (κ1) is 47.2. The first-order valence-electron chi connectivity index (χ1n) is 23.1. The maximum absolute atomic E-state index is 13.1.